The van der Waals surface area contributed by atoms with E-state index in [1.54, 1.807) is 4.90 Å². The molecule has 9 heteroatoms. The second kappa shape index (κ2) is 6.65. The summed E-state index contributed by atoms with van der Waals surface area (Å²) in [6.07, 6.45) is 3.02. The van der Waals surface area contributed by atoms with E-state index in [1.165, 1.54) is 18.5 Å². The highest BCUT2D eigenvalue weighted by Gasteiger charge is 2.25. The zero-order chi connectivity index (χ0) is 17.1. The summed E-state index contributed by atoms with van der Waals surface area (Å²) < 4.78 is 13.5. The second-order valence-corrected chi connectivity index (χ2v) is 5.62. The van der Waals surface area contributed by atoms with Crippen molar-refractivity contribution >= 4 is 17.6 Å². The maximum absolute atomic E-state index is 13.5. The van der Waals surface area contributed by atoms with Gasteiger partial charge in [-0.3, -0.25) is 9.89 Å². The van der Waals surface area contributed by atoms with Crippen LogP contribution in [0.1, 0.15) is 34.9 Å². The van der Waals surface area contributed by atoms with Crippen LogP contribution in [0.25, 0.3) is 0 Å². The Morgan fingerprint density at radius 2 is 2.08 bits per heavy atom. The Balaban J connectivity index is 1.60. The molecule has 0 unspecified atom stereocenters. The van der Waals surface area contributed by atoms with Crippen molar-refractivity contribution in [2.45, 2.75) is 18.8 Å². The highest BCUT2D eigenvalue weighted by Crippen LogP contribution is 2.25. The summed E-state index contributed by atoms with van der Waals surface area (Å²) in [7, 11) is 0. The first-order valence-electron chi connectivity index (χ1n) is 7.55. The minimum absolute atomic E-state index is 0.253. The normalized spacial score (nSPS) is 15.3. The van der Waals surface area contributed by atoms with E-state index in [2.05, 4.69) is 20.5 Å². The van der Waals surface area contributed by atoms with Gasteiger partial charge in [0.2, 0.25) is 0 Å². The Bertz CT molecular complexity index is 740. The third-order valence-electron chi connectivity index (χ3n) is 4.09. The summed E-state index contributed by atoms with van der Waals surface area (Å²) in [5.41, 5.74) is 5.18. The zero-order valence-corrected chi connectivity index (χ0v) is 12.8. The quantitative estimate of drug-likeness (QED) is 0.788. The molecule has 2 aromatic rings. The largest absolute Gasteiger partial charge is 0.366 e. The molecule has 0 spiro atoms. The molecule has 1 aromatic heterocycles. The highest BCUT2D eigenvalue weighted by atomic mass is 19.1. The molecular formula is C15H17FN6O2. The van der Waals surface area contributed by atoms with Crippen molar-refractivity contribution in [2.75, 3.05) is 18.4 Å². The molecule has 8 nitrogen and oxygen atoms in total. The van der Waals surface area contributed by atoms with Gasteiger partial charge in [0.05, 0.1) is 5.56 Å². The lowest BCUT2D eigenvalue weighted by molar-refractivity contribution is 0.0996. The Labute approximate surface area is 137 Å². The molecule has 24 heavy (non-hydrogen) atoms. The van der Waals surface area contributed by atoms with Crippen LogP contribution in [0.4, 0.5) is 14.9 Å². The van der Waals surface area contributed by atoms with Crippen molar-refractivity contribution < 1.29 is 14.0 Å². The molecular weight excluding hydrogens is 315 g/mol. The van der Waals surface area contributed by atoms with E-state index in [1.807, 2.05) is 0 Å². The van der Waals surface area contributed by atoms with Crippen LogP contribution in [0, 0.1) is 5.82 Å². The number of hydrogen-bond acceptors (Lipinski definition) is 4. The summed E-state index contributed by atoms with van der Waals surface area (Å²) in [5.74, 6) is -0.506. The van der Waals surface area contributed by atoms with E-state index in [9.17, 15) is 14.0 Å². The molecule has 2 heterocycles. The van der Waals surface area contributed by atoms with E-state index in [0.29, 0.717) is 18.8 Å². The molecule has 1 fully saturated rings. The van der Waals surface area contributed by atoms with Crippen molar-refractivity contribution in [2.24, 2.45) is 5.73 Å². The molecule has 3 rings (SSSR count). The van der Waals surface area contributed by atoms with Gasteiger partial charge >= 0.3 is 6.03 Å². The lowest BCUT2D eigenvalue weighted by Gasteiger charge is -2.31. The number of piperidine rings is 1. The zero-order valence-electron chi connectivity index (χ0n) is 12.8. The fourth-order valence-corrected chi connectivity index (χ4v) is 2.76. The lowest BCUT2D eigenvalue weighted by Crippen LogP contribution is -2.40. The first-order chi connectivity index (χ1) is 11.5. The fourth-order valence-electron chi connectivity index (χ4n) is 2.76. The number of carbonyl (C=O) groups is 2. The van der Waals surface area contributed by atoms with Gasteiger partial charge in [-0.05, 0) is 31.0 Å². The lowest BCUT2D eigenvalue weighted by atomic mass is 9.96. The number of nitrogens with zero attached hydrogens (tertiary/aromatic N) is 3. The highest BCUT2D eigenvalue weighted by molar-refractivity contribution is 5.96. The van der Waals surface area contributed by atoms with Gasteiger partial charge in [-0.15, -0.1) is 0 Å². The molecule has 0 saturated carbocycles. The number of nitrogens with one attached hydrogen (secondary N) is 2. The number of benzene rings is 1. The topological polar surface area (TPSA) is 117 Å². The van der Waals surface area contributed by atoms with Crippen LogP contribution in [0.3, 0.4) is 0 Å². The molecule has 0 aliphatic carbocycles. The number of aromatic nitrogens is 3. The minimum atomic E-state index is -0.878. The number of aromatic amines is 1. The van der Waals surface area contributed by atoms with Crippen LogP contribution >= 0.6 is 0 Å². The first-order valence-corrected chi connectivity index (χ1v) is 7.55. The summed E-state index contributed by atoms with van der Waals surface area (Å²) in [6, 6.07) is 3.43. The Morgan fingerprint density at radius 3 is 2.71 bits per heavy atom. The summed E-state index contributed by atoms with van der Waals surface area (Å²) in [5, 5.41) is 9.35. The molecule has 1 aliphatic rings. The molecule has 3 amide bonds. The standard InChI is InChI=1S/C15H17FN6O2/c16-12-2-1-10(7-11(12)13(17)23)20-15(24)22-5-3-9(4-6-22)14-18-8-19-21-14/h1-2,7-9H,3-6H2,(H2,17,23)(H,20,24)(H,18,19,21). The average molecular weight is 332 g/mol. The summed E-state index contributed by atoms with van der Waals surface area (Å²) in [6.45, 7) is 1.14. The average Bonchev–Trinajstić information content (AvgIpc) is 3.11. The SMILES string of the molecule is NC(=O)c1cc(NC(=O)N2CCC(c3ncn[nH]3)CC2)ccc1F. The maximum atomic E-state index is 13.5. The number of anilines is 1. The molecule has 1 aliphatic heterocycles. The predicted molar refractivity (Wildman–Crippen MR) is 83.9 cm³/mol. The van der Waals surface area contributed by atoms with Crippen LogP contribution in [0.5, 0.6) is 0 Å². The molecule has 1 aromatic carbocycles. The van der Waals surface area contributed by atoms with Gasteiger partial charge in [0.25, 0.3) is 5.91 Å². The number of rotatable bonds is 3. The second-order valence-electron chi connectivity index (χ2n) is 5.62. The van der Waals surface area contributed by atoms with Gasteiger partial charge in [-0.1, -0.05) is 0 Å². The number of nitrogens with two attached hydrogens (primary N) is 1. The molecule has 126 valence electrons. The molecule has 0 bridgehead atoms. The van der Waals surface area contributed by atoms with Crippen molar-refractivity contribution in [1.29, 1.82) is 0 Å². The van der Waals surface area contributed by atoms with Crippen molar-refractivity contribution in [3.63, 3.8) is 0 Å². The summed E-state index contributed by atoms with van der Waals surface area (Å²) in [4.78, 5) is 29.3. The molecule has 1 saturated heterocycles. The van der Waals surface area contributed by atoms with Gasteiger partial charge < -0.3 is 16.0 Å². The van der Waals surface area contributed by atoms with Crippen molar-refractivity contribution in [3.05, 3.63) is 41.7 Å². The van der Waals surface area contributed by atoms with E-state index in [0.717, 1.165) is 24.7 Å². The van der Waals surface area contributed by atoms with E-state index in [-0.39, 0.29) is 17.5 Å². The number of H-pyrrole nitrogens is 1. The number of likely N-dealkylation sites (tertiary alicyclic amines) is 1. The van der Waals surface area contributed by atoms with E-state index >= 15 is 0 Å². The van der Waals surface area contributed by atoms with E-state index < -0.39 is 11.7 Å². The number of hydrogen-bond donors (Lipinski definition) is 3. The van der Waals surface area contributed by atoms with Crippen LogP contribution in [-0.4, -0.2) is 45.1 Å². The number of carbonyl (C=O) groups excluding carboxylic acids is 2. The number of halogens is 1. The van der Waals surface area contributed by atoms with Gasteiger partial charge in [0.1, 0.15) is 18.0 Å². The maximum Gasteiger partial charge on any atom is 0.321 e. The van der Waals surface area contributed by atoms with Crippen LogP contribution in [-0.2, 0) is 0 Å². The molecule has 0 atom stereocenters. The predicted octanol–water partition coefficient (Wildman–Crippen LogP) is 1.45. The van der Waals surface area contributed by atoms with Crippen molar-refractivity contribution in [1.82, 2.24) is 20.1 Å². The van der Waals surface area contributed by atoms with Gasteiger partial charge in [0, 0.05) is 24.7 Å². The van der Waals surface area contributed by atoms with Gasteiger partial charge in [0.15, 0.2) is 0 Å². The third kappa shape index (κ3) is 3.34. The number of primary amides is 1. The Morgan fingerprint density at radius 1 is 1.33 bits per heavy atom. The smallest absolute Gasteiger partial charge is 0.321 e. The number of amides is 3. The van der Waals surface area contributed by atoms with Gasteiger partial charge in [-0.25, -0.2) is 14.2 Å². The van der Waals surface area contributed by atoms with Crippen LogP contribution < -0.4 is 11.1 Å². The Hall–Kier alpha value is -2.97. The van der Waals surface area contributed by atoms with Crippen LogP contribution in [0.15, 0.2) is 24.5 Å². The minimum Gasteiger partial charge on any atom is -0.366 e. The third-order valence-corrected chi connectivity index (χ3v) is 4.09. The first kappa shape index (κ1) is 15.9. The monoisotopic (exact) mass is 332 g/mol. The fraction of sp³-hybridized carbons (Fsp3) is 0.333. The van der Waals surface area contributed by atoms with E-state index in [4.69, 9.17) is 5.73 Å². The Kier molecular flexibility index (Phi) is 4.41. The van der Waals surface area contributed by atoms with Crippen LogP contribution in [0.2, 0.25) is 0 Å². The number of urea groups is 1. The molecule has 0 radical (unpaired) electrons. The van der Waals surface area contributed by atoms with Gasteiger partial charge in [-0.2, -0.15) is 5.10 Å². The summed E-state index contributed by atoms with van der Waals surface area (Å²) >= 11 is 0. The molecule has 4 N–H and O–H groups in total. The van der Waals surface area contributed by atoms with Crippen molar-refractivity contribution in [3.8, 4) is 0 Å².